The third-order valence-corrected chi connectivity index (χ3v) is 2.51. The van der Waals surface area contributed by atoms with Gasteiger partial charge in [0.25, 0.3) is 10.1 Å². The molecule has 1 aromatic carbocycles. The lowest BCUT2D eigenvalue weighted by molar-refractivity contribution is -0.139. The Morgan fingerprint density at radius 1 is 1.38 bits per heavy atom. The van der Waals surface area contributed by atoms with Gasteiger partial charge in [-0.25, -0.2) is 0 Å². The van der Waals surface area contributed by atoms with Crippen LogP contribution < -0.4 is 0 Å². The molecule has 0 amide bonds. The number of hydrogen-bond donors (Lipinski definition) is 1. The SMILES string of the molecule is CS(=O)(=O)OC[C@H](C(=O)O)c1ccccc1. The smallest absolute Gasteiger partial charge is 0.313 e. The van der Waals surface area contributed by atoms with Crippen molar-refractivity contribution in [3.8, 4) is 0 Å². The second kappa shape index (κ2) is 5.09. The van der Waals surface area contributed by atoms with Crippen molar-refractivity contribution < 1.29 is 22.5 Å². The number of aliphatic carboxylic acids is 1. The van der Waals surface area contributed by atoms with E-state index < -0.39 is 28.6 Å². The van der Waals surface area contributed by atoms with E-state index in [1.54, 1.807) is 30.3 Å². The van der Waals surface area contributed by atoms with Crippen molar-refractivity contribution in [1.82, 2.24) is 0 Å². The van der Waals surface area contributed by atoms with Crippen molar-refractivity contribution >= 4 is 16.1 Å². The number of hydrogen-bond acceptors (Lipinski definition) is 4. The van der Waals surface area contributed by atoms with E-state index in [1.807, 2.05) is 0 Å². The van der Waals surface area contributed by atoms with Gasteiger partial charge in [-0.15, -0.1) is 0 Å². The van der Waals surface area contributed by atoms with E-state index in [-0.39, 0.29) is 0 Å². The molecule has 1 atom stereocenters. The second-order valence-corrected chi connectivity index (χ2v) is 4.93. The van der Waals surface area contributed by atoms with Crippen LogP contribution in [0.5, 0.6) is 0 Å². The molecule has 6 heteroatoms. The summed E-state index contributed by atoms with van der Waals surface area (Å²) in [6.07, 6.45) is 0.886. The summed E-state index contributed by atoms with van der Waals surface area (Å²) in [5.41, 5.74) is 0.513. The largest absolute Gasteiger partial charge is 0.481 e. The number of carbonyl (C=O) groups is 1. The Kier molecular flexibility index (Phi) is 4.03. The van der Waals surface area contributed by atoms with Gasteiger partial charge in [0.1, 0.15) is 5.92 Å². The summed E-state index contributed by atoms with van der Waals surface area (Å²) in [5.74, 6) is -2.09. The number of benzene rings is 1. The van der Waals surface area contributed by atoms with Crippen LogP contribution in [-0.4, -0.2) is 32.4 Å². The maximum absolute atomic E-state index is 10.9. The standard InChI is InChI=1S/C10H12O5S/c1-16(13,14)15-7-9(10(11)12)8-5-3-2-4-6-8/h2-6,9H,7H2,1H3,(H,11,12)/t9-/m0/s1. The highest BCUT2D eigenvalue weighted by molar-refractivity contribution is 7.85. The average molecular weight is 244 g/mol. The van der Waals surface area contributed by atoms with Gasteiger partial charge in [-0.05, 0) is 5.56 Å². The fourth-order valence-corrected chi connectivity index (χ4v) is 1.57. The molecular formula is C10H12O5S. The van der Waals surface area contributed by atoms with E-state index in [9.17, 15) is 13.2 Å². The molecule has 0 saturated carbocycles. The highest BCUT2D eigenvalue weighted by Gasteiger charge is 2.21. The van der Waals surface area contributed by atoms with E-state index in [1.165, 1.54) is 0 Å². The molecule has 88 valence electrons. The quantitative estimate of drug-likeness (QED) is 0.776. The molecule has 0 unspecified atom stereocenters. The van der Waals surface area contributed by atoms with Crippen LogP contribution in [0.2, 0.25) is 0 Å². The lowest BCUT2D eigenvalue weighted by Crippen LogP contribution is -2.19. The van der Waals surface area contributed by atoms with Crippen LogP contribution in [-0.2, 0) is 19.1 Å². The van der Waals surface area contributed by atoms with Gasteiger partial charge in [-0.1, -0.05) is 30.3 Å². The van der Waals surface area contributed by atoms with Gasteiger partial charge < -0.3 is 5.11 Å². The van der Waals surface area contributed by atoms with Crippen molar-refractivity contribution in [3.63, 3.8) is 0 Å². The van der Waals surface area contributed by atoms with Crippen LogP contribution in [0.1, 0.15) is 11.5 Å². The van der Waals surface area contributed by atoms with Crippen LogP contribution in [0.25, 0.3) is 0 Å². The molecule has 0 saturated heterocycles. The monoisotopic (exact) mass is 244 g/mol. The maximum Gasteiger partial charge on any atom is 0.313 e. The normalized spacial score (nSPS) is 13.3. The molecule has 5 nitrogen and oxygen atoms in total. The molecule has 0 spiro atoms. The zero-order valence-electron chi connectivity index (χ0n) is 8.66. The Labute approximate surface area is 93.8 Å². The Balaban J connectivity index is 2.81. The minimum atomic E-state index is -3.62. The van der Waals surface area contributed by atoms with Crippen molar-refractivity contribution in [2.75, 3.05) is 12.9 Å². The third kappa shape index (κ3) is 4.00. The Bertz CT molecular complexity index is 451. The minimum Gasteiger partial charge on any atom is -0.481 e. The van der Waals surface area contributed by atoms with E-state index >= 15 is 0 Å². The number of carboxylic acid groups (broad SMARTS) is 1. The first-order valence-electron chi connectivity index (χ1n) is 4.52. The van der Waals surface area contributed by atoms with Gasteiger partial charge in [-0.3, -0.25) is 8.98 Å². The molecule has 1 N–H and O–H groups in total. The van der Waals surface area contributed by atoms with Crippen LogP contribution in [0, 0.1) is 0 Å². The summed E-state index contributed by atoms with van der Waals surface area (Å²) in [6, 6.07) is 8.35. The first-order chi connectivity index (χ1) is 7.40. The zero-order chi connectivity index (χ0) is 12.2. The Hall–Kier alpha value is -1.40. The Morgan fingerprint density at radius 3 is 2.38 bits per heavy atom. The predicted octanol–water partition coefficient (Wildman–Crippen LogP) is 0.831. The molecule has 0 aliphatic heterocycles. The van der Waals surface area contributed by atoms with E-state index in [2.05, 4.69) is 4.18 Å². The molecule has 0 radical (unpaired) electrons. The van der Waals surface area contributed by atoms with E-state index in [4.69, 9.17) is 5.11 Å². The molecule has 0 fully saturated rings. The lowest BCUT2D eigenvalue weighted by Gasteiger charge is -2.11. The lowest BCUT2D eigenvalue weighted by atomic mass is 10.0. The molecular weight excluding hydrogens is 232 g/mol. The molecule has 0 aliphatic carbocycles. The minimum absolute atomic E-state index is 0.391. The van der Waals surface area contributed by atoms with Crippen LogP contribution in [0.3, 0.4) is 0 Å². The van der Waals surface area contributed by atoms with E-state index in [0.717, 1.165) is 6.26 Å². The summed E-state index contributed by atoms with van der Waals surface area (Å²) < 4.78 is 26.0. The number of carboxylic acids is 1. The zero-order valence-corrected chi connectivity index (χ0v) is 9.48. The van der Waals surface area contributed by atoms with Crippen LogP contribution in [0.15, 0.2) is 30.3 Å². The molecule has 0 bridgehead atoms. The summed E-state index contributed by atoms with van der Waals surface area (Å²) in [4.78, 5) is 10.9. The fourth-order valence-electron chi connectivity index (χ4n) is 1.19. The van der Waals surface area contributed by atoms with Gasteiger partial charge >= 0.3 is 5.97 Å². The van der Waals surface area contributed by atoms with Crippen LogP contribution in [0.4, 0.5) is 0 Å². The van der Waals surface area contributed by atoms with Gasteiger partial charge in [-0.2, -0.15) is 8.42 Å². The molecule has 16 heavy (non-hydrogen) atoms. The molecule has 0 aromatic heterocycles. The highest BCUT2D eigenvalue weighted by atomic mass is 32.2. The van der Waals surface area contributed by atoms with Gasteiger partial charge in [0.15, 0.2) is 0 Å². The molecule has 1 rings (SSSR count). The first-order valence-corrected chi connectivity index (χ1v) is 6.34. The highest BCUT2D eigenvalue weighted by Crippen LogP contribution is 2.16. The topological polar surface area (TPSA) is 80.7 Å². The second-order valence-electron chi connectivity index (χ2n) is 3.29. The molecule has 0 heterocycles. The van der Waals surface area contributed by atoms with Gasteiger partial charge in [0.2, 0.25) is 0 Å². The molecule has 1 aromatic rings. The summed E-state index contributed by atoms with van der Waals surface area (Å²) in [5, 5.41) is 8.95. The van der Waals surface area contributed by atoms with Crippen molar-refractivity contribution in [2.24, 2.45) is 0 Å². The van der Waals surface area contributed by atoms with Crippen molar-refractivity contribution in [1.29, 1.82) is 0 Å². The average Bonchev–Trinajstić information content (AvgIpc) is 2.17. The molecule has 0 aliphatic rings. The Morgan fingerprint density at radius 2 is 1.94 bits per heavy atom. The fraction of sp³-hybridized carbons (Fsp3) is 0.300. The van der Waals surface area contributed by atoms with E-state index in [0.29, 0.717) is 5.56 Å². The third-order valence-electron chi connectivity index (χ3n) is 1.95. The van der Waals surface area contributed by atoms with Gasteiger partial charge in [0.05, 0.1) is 12.9 Å². The van der Waals surface area contributed by atoms with Crippen molar-refractivity contribution in [2.45, 2.75) is 5.92 Å². The summed E-state index contributed by atoms with van der Waals surface area (Å²) in [6.45, 7) is -0.391. The number of rotatable bonds is 5. The van der Waals surface area contributed by atoms with Gasteiger partial charge in [0, 0.05) is 0 Å². The predicted molar refractivity (Wildman–Crippen MR) is 57.6 cm³/mol. The summed E-state index contributed by atoms with van der Waals surface area (Å²) in [7, 11) is -3.62. The van der Waals surface area contributed by atoms with Crippen molar-refractivity contribution in [3.05, 3.63) is 35.9 Å². The summed E-state index contributed by atoms with van der Waals surface area (Å²) >= 11 is 0. The van der Waals surface area contributed by atoms with Crippen LogP contribution >= 0.6 is 0 Å². The first kappa shape index (κ1) is 12.7. The maximum atomic E-state index is 10.9.